The molecule has 0 unspecified atom stereocenters. The lowest BCUT2D eigenvalue weighted by molar-refractivity contribution is 0.175. The number of nitrogens with one attached hydrogen (secondary N) is 1. The zero-order valence-electron chi connectivity index (χ0n) is 15.0. The molecule has 1 saturated heterocycles. The predicted molar refractivity (Wildman–Crippen MR) is 112 cm³/mol. The Morgan fingerprint density at radius 1 is 0.885 bits per heavy atom. The minimum atomic E-state index is 0.402. The van der Waals surface area contributed by atoms with Crippen molar-refractivity contribution in [3.8, 4) is 0 Å². The molecule has 2 nitrogen and oxygen atoms in total. The molecule has 0 bridgehead atoms. The van der Waals surface area contributed by atoms with Gasteiger partial charge in [-0.2, -0.15) is 0 Å². The molecule has 4 aromatic rings. The van der Waals surface area contributed by atoms with E-state index < -0.39 is 0 Å². The average molecular weight is 340 g/mol. The molecule has 130 valence electrons. The number of benzene rings is 4. The molecular weight excluding hydrogens is 316 g/mol. The molecule has 1 aliphatic rings. The Morgan fingerprint density at radius 3 is 2.27 bits per heavy atom. The van der Waals surface area contributed by atoms with Gasteiger partial charge in [0, 0.05) is 32.2 Å². The van der Waals surface area contributed by atoms with E-state index in [1.54, 1.807) is 0 Å². The Balaban J connectivity index is 1.77. The second-order valence-electron chi connectivity index (χ2n) is 7.34. The van der Waals surface area contributed by atoms with E-state index in [9.17, 15) is 0 Å². The highest BCUT2D eigenvalue weighted by molar-refractivity contribution is 6.23. The quantitative estimate of drug-likeness (QED) is 0.410. The first-order chi connectivity index (χ1) is 12.9. The minimum Gasteiger partial charge on any atom is -0.314 e. The van der Waals surface area contributed by atoms with Crippen LogP contribution in [-0.4, -0.2) is 31.1 Å². The third-order valence-corrected chi connectivity index (χ3v) is 5.90. The van der Waals surface area contributed by atoms with E-state index in [0.29, 0.717) is 6.04 Å². The van der Waals surface area contributed by atoms with Crippen LogP contribution in [-0.2, 0) is 0 Å². The van der Waals surface area contributed by atoms with Crippen molar-refractivity contribution in [3.05, 3.63) is 72.8 Å². The lowest BCUT2D eigenvalue weighted by atomic mass is 9.88. The summed E-state index contributed by atoms with van der Waals surface area (Å²) in [4.78, 5) is 2.62. The van der Waals surface area contributed by atoms with Crippen LogP contribution in [0.25, 0.3) is 32.3 Å². The van der Waals surface area contributed by atoms with Crippen LogP contribution >= 0.6 is 0 Å². The number of rotatable bonds is 4. The SMILES string of the molecule is C=CC[C@H](c1ccc2ccc3cccc4ccc1c2c34)N1CCNCC1. The van der Waals surface area contributed by atoms with Crippen molar-refractivity contribution < 1.29 is 0 Å². The Labute approximate surface area is 154 Å². The number of piperazine rings is 1. The minimum absolute atomic E-state index is 0.402. The van der Waals surface area contributed by atoms with Crippen LogP contribution in [0.4, 0.5) is 0 Å². The van der Waals surface area contributed by atoms with E-state index in [2.05, 4.69) is 77.5 Å². The van der Waals surface area contributed by atoms with Crippen LogP contribution in [0.3, 0.4) is 0 Å². The Hall–Kier alpha value is -2.42. The van der Waals surface area contributed by atoms with Crippen LogP contribution in [0, 0.1) is 0 Å². The van der Waals surface area contributed by atoms with Crippen LogP contribution < -0.4 is 5.32 Å². The molecule has 0 radical (unpaired) electrons. The van der Waals surface area contributed by atoms with Gasteiger partial charge >= 0.3 is 0 Å². The van der Waals surface area contributed by atoms with Crippen LogP contribution in [0.15, 0.2) is 67.3 Å². The van der Waals surface area contributed by atoms with Gasteiger partial charge in [-0.3, -0.25) is 4.90 Å². The molecule has 1 fully saturated rings. The van der Waals surface area contributed by atoms with E-state index in [4.69, 9.17) is 0 Å². The molecule has 26 heavy (non-hydrogen) atoms. The van der Waals surface area contributed by atoms with Crippen molar-refractivity contribution in [3.63, 3.8) is 0 Å². The molecule has 0 saturated carbocycles. The largest absolute Gasteiger partial charge is 0.314 e. The van der Waals surface area contributed by atoms with Crippen LogP contribution in [0.1, 0.15) is 18.0 Å². The fourth-order valence-corrected chi connectivity index (χ4v) is 4.67. The molecule has 0 aliphatic carbocycles. The number of hydrogen-bond acceptors (Lipinski definition) is 2. The average Bonchev–Trinajstić information content (AvgIpc) is 2.71. The summed E-state index contributed by atoms with van der Waals surface area (Å²) in [6.07, 6.45) is 3.06. The van der Waals surface area contributed by atoms with Crippen molar-refractivity contribution in [1.82, 2.24) is 10.2 Å². The fraction of sp³-hybridized carbons (Fsp3) is 0.250. The molecule has 0 spiro atoms. The zero-order valence-corrected chi connectivity index (χ0v) is 15.0. The highest BCUT2D eigenvalue weighted by Gasteiger charge is 2.23. The molecule has 1 aliphatic heterocycles. The monoisotopic (exact) mass is 340 g/mol. The van der Waals surface area contributed by atoms with Gasteiger partial charge in [0.25, 0.3) is 0 Å². The summed E-state index contributed by atoms with van der Waals surface area (Å²) in [5, 5.41) is 11.7. The first-order valence-electron chi connectivity index (χ1n) is 9.59. The summed E-state index contributed by atoms with van der Waals surface area (Å²) in [5.74, 6) is 0. The third-order valence-electron chi connectivity index (χ3n) is 5.90. The normalized spacial score (nSPS) is 17.2. The van der Waals surface area contributed by atoms with Crippen molar-refractivity contribution in [2.24, 2.45) is 0 Å². The molecule has 1 heterocycles. The summed E-state index contributed by atoms with van der Waals surface area (Å²) < 4.78 is 0. The van der Waals surface area contributed by atoms with E-state index in [-0.39, 0.29) is 0 Å². The fourth-order valence-electron chi connectivity index (χ4n) is 4.67. The topological polar surface area (TPSA) is 15.3 Å². The van der Waals surface area contributed by atoms with E-state index in [1.807, 2.05) is 0 Å². The van der Waals surface area contributed by atoms with Crippen LogP contribution in [0.5, 0.6) is 0 Å². The highest BCUT2D eigenvalue weighted by atomic mass is 15.2. The van der Waals surface area contributed by atoms with Gasteiger partial charge in [0.05, 0.1) is 0 Å². The second kappa shape index (κ2) is 6.39. The number of hydrogen-bond donors (Lipinski definition) is 1. The Bertz CT molecular complexity index is 1060. The lowest BCUT2D eigenvalue weighted by Crippen LogP contribution is -2.45. The van der Waals surface area contributed by atoms with E-state index in [0.717, 1.165) is 32.6 Å². The van der Waals surface area contributed by atoms with E-state index in [1.165, 1.54) is 37.9 Å². The standard InChI is InChI=1S/C24H24N2/c1-2-4-22(26-15-13-25-14-16-26)20-11-9-19-8-7-17-5-3-6-18-10-12-21(20)24(19)23(17)18/h2-3,5-12,22,25H,1,4,13-16H2/t22-/m1/s1. The maximum Gasteiger partial charge on any atom is 0.0389 e. The molecule has 1 N–H and O–H groups in total. The van der Waals surface area contributed by atoms with Crippen LogP contribution in [0.2, 0.25) is 0 Å². The maximum atomic E-state index is 4.04. The Kier molecular flexibility index (Phi) is 3.88. The van der Waals surface area contributed by atoms with Gasteiger partial charge in [-0.15, -0.1) is 6.58 Å². The molecule has 2 heteroatoms. The molecule has 0 aromatic heterocycles. The van der Waals surface area contributed by atoms with E-state index >= 15 is 0 Å². The Morgan fingerprint density at radius 2 is 1.54 bits per heavy atom. The maximum absolute atomic E-state index is 4.04. The summed E-state index contributed by atoms with van der Waals surface area (Å²) in [6.45, 7) is 8.37. The lowest BCUT2D eigenvalue weighted by Gasteiger charge is -2.35. The smallest absolute Gasteiger partial charge is 0.0389 e. The summed E-state index contributed by atoms with van der Waals surface area (Å²) >= 11 is 0. The van der Waals surface area contributed by atoms with Gasteiger partial charge in [0.2, 0.25) is 0 Å². The first kappa shape index (κ1) is 15.8. The molecule has 4 aromatic carbocycles. The van der Waals surface area contributed by atoms with Crippen molar-refractivity contribution in [2.75, 3.05) is 26.2 Å². The number of nitrogens with zero attached hydrogens (tertiary/aromatic N) is 1. The third kappa shape index (κ3) is 2.41. The second-order valence-corrected chi connectivity index (χ2v) is 7.34. The predicted octanol–water partition coefficient (Wildman–Crippen LogP) is 5.11. The van der Waals surface area contributed by atoms with Crippen molar-refractivity contribution >= 4 is 32.3 Å². The summed E-state index contributed by atoms with van der Waals surface area (Å²) in [6, 6.07) is 20.8. The van der Waals surface area contributed by atoms with Gasteiger partial charge in [0.15, 0.2) is 0 Å². The van der Waals surface area contributed by atoms with Crippen molar-refractivity contribution in [1.29, 1.82) is 0 Å². The van der Waals surface area contributed by atoms with Gasteiger partial charge in [-0.05, 0) is 44.3 Å². The first-order valence-corrected chi connectivity index (χ1v) is 9.59. The van der Waals surface area contributed by atoms with Crippen molar-refractivity contribution in [2.45, 2.75) is 12.5 Å². The highest BCUT2D eigenvalue weighted by Crippen LogP contribution is 2.39. The van der Waals surface area contributed by atoms with Gasteiger partial charge in [-0.25, -0.2) is 0 Å². The zero-order chi connectivity index (χ0) is 17.5. The van der Waals surface area contributed by atoms with Gasteiger partial charge in [0.1, 0.15) is 0 Å². The molecule has 1 atom stereocenters. The van der Waals surface area contributed by atoms with Gasteiger partial charge in [-0.1, -0.05) is 60.7 Å². The molecular formula is C24H24N2. The molecule has 5 rings (SSSR count). The van der Waals surface area contributed by atoms with Gasteiger partial charge < -0.3 is 5.32 Å². The summed E-state index contributed by atoms with van der Waals surface area (Å²) in [5.41, 5.74) is 1.44. The molecule has 0 amide bonds. The summed E-state index contributed by atoms with van der Waals surface area (Å²) in [7, 11) is 0.